The van der Waals surface area contributed by atoms with Gasteiger partial charge in [0, 0.05) is 16.1 Å². The molecular weight excluding hydrogens is 352 g/mol. The Balaban J connectivity index is 2.63. The summed E-state index contributed by atoms with van der Waals surface area (Å²) in [6, 6.07) is 3.30. The average Bonchev–Trinajstić information content (AvgIpc) is 2.78. The Labute approximate surface area is 136 Å². The first-order valence-electron chi connectivity index (χ1n) is 6.81. The maximum atomic E-state index is 12.5. The highest BCUT2D eigenvalue weighted by atomic mass is 79.9. The molecule has 2 rings (SSSR count). The fraction of sp³-hybridized carbons (Fsp3) is 0.400. The second-order valence-electron chi connectivity index (χ2n) is 5.60. The van der Waals surface area contributed by atoms with Crippen molar-refractivity contribution in [1.82, 2.24) is 9.55 Å². The van der Waals surface area contributed by atoms with Crippen molar-refractivity contribution < 1.29 is 19.1 Å². The zero-order chi connectivity index (χ0) is 16.5. The topological polar surface area (TPSA) is 70.4 Å². The lowest BCUT2D eigenvalue weighted by Crippen LogP contribution is -2.29. The number of ether oxygens (including phenoxy) is 2. The van der Waals surface area contributed by atoms with E-state index in [9.17, 15) is 9.59 Å². The first kappa shape index (κ1) is 16.5. The van der Waals surface area contributed by atoms with Crippen LogP contribution in [0.5, 0.6) is 0 Å². The predicted molar refractivity (Wildman–Crippen MR) is 85.0 cm³/mol. The lowest BCUT2D eigenvalue weighted by molar-refractivity contribution is 0.0453. The van der Waals surface area contributed by atoms with E-state index in [1.807, 2.05) is 0 Å². The number of esters is 1. The summed E-state index contributed by atoms with van der Waals surface area (Å²) >= 11 is 3.39. The van der Waals surface area contributed by atoms with E-state index in [2.05, 4.69) is 20.9 Å². The Kier molecular flexibility index (Phi) is 4.55. The molecule has 0 aliphatic carbocycles. The molecule has 0 unspecified atom stereocenters. The molecule has 0 atom stereocenters. The van der Waals surface area contributed by atoms with Gasteiger partial charge in [-0.3, -0.25) is 0 Å². The van der Waals surface area contributed by atoms with Crippen molar-refractivity contribution in [3.05, 3.63) is 28.5 Å². The molecule has 2 aromatic rings. The molecule has 0 saturated heterocycles. The van der Waals surface area contributed by atoms with Crippen molar-refractivity contribution >= 4 is 39.0 Å². The van der Waals surface area contributed by atoms with Crippen LogP contribution in [0.15, 0.2) is 22.8 Å². The van der Waals surface area contributed by atoms with Gasteiger partial charge in [-0.1, -0.05) is 0 Å². The zero-order valence-corrected chi connectivity index (χ0v) is 14.4. The first-order chi connectivity index (χ1) is 10.2. The molecular formula is C15H17BrN2O4. The number of nitrogens with zero attached hydrogens (tertiary/aromatic N) is 2. The van der Waals surface area contributed by atoms with Crippen molar-refractivity contribution in [3.8, 4) is 0 Å². The van der Waals surface area contributed by atoms with Crippen molar-refractivity contribution in [2.24, 2.45) is 0 Å². The number of fused-ring (bicyclic) bond motifs is 1. The Morgan fingerprint density at radius 3 is 2.64 bits per heavy atom. The summed E-state index contributed by atoms with van der Waals surface area (Å²) in [5.74, 6) is -0.599. The van der Waals surface area contributed by atoms with Gasteiger partial charge < -0.3 is 9.47 Å². The van der Waals surface area contributed by atoms with Crippen LogP contribution in [0.4, 0.5) is 4.79 Å². The fourth-order valence-corrected chi connectivity index (χ4v) is 2.32. The standard InChI is InChI=1S/C15H17BrN2O4/c1-5-21-13(19)11-8-9-10(16)6-7-17-12(9)18(11)14(20)22-15(2,3)4/h6-8H,5H2,1-4H3. The molecule has 2 heterocycles. The number of pyridine rings is 1. The smallest absolute Gasteiger partial charge is 0.420 e. The van der Waals surface area contributed by atoms with E-state index in [0.29, 0.717) is 11.0 Å². The highest BCUT2D eigenvalue weighted by molar-refractivity contribution is 9.10. The van der Waals surface area contributed by atoms with E-state index in [4.69, 9.17) is 9.47 Å². The molecule has 22 heavy (non-hydrogen) atoms. The highest BCUT2D eigenvalue weighted by Crippen LogP contribution is 2.27. The minimum Gasteiger partial charge on any atom is -0.461 e. The minimum absolute atomic E-state index is 0.0884. The average molecular weight is 369 g/mol. The molecule has 0 aliphatic rings. The van der Waals surface area contributed by atoms with Crippen LogP contribution in [-0.4, -0.2) is 33.8 Å². The molecule has 0 aromatic carbocycles. The summed E-state index contributed by atoms with van der Waals surface area (Å²) < 4.78 is 12.2. The summed E-state index contributed by atoms with van der Waals surface area (Å²) in [4.78, 5) is 28.8. The van der Waals surface area contributed by atoms with E-state index in [1.165, 1.54) is 0 Å². The molecule has 118 valence electrons. The molecule has 0 radical (unpaired) electrons. The van der Waals surface area contributed by atoms with Crippen LogP contribution in [0.3, 0.4) is 0 Å². The van der Waals surface area contributed by atoms with Crippen molar-refractivity contribution in [2.45, 2.75) is 33.3 Å². The Morgan fingerprint density at radius 2 is 2.05 bits per heavy atom. The maximum Gasteiger partial charge on any atom is 0.420 e. The molecule has 0 N–H and O–H groups in total. The van der Waals surface area contributed by atoms with Crippen LogP contribution in [-0.2, 0) is 9.47 Å². The number of carbonyl (C=O) groups is 2. The molecule has 0 bridgehead atoms. The third-order valence-corrected chi connectivity index (χ3v) is 3.40. The first-order valence-corrected chi connectivity index (χ1v) is 7.60. The normalized spacial score (nSPS) is 11.5. The fourth-order valence-electron chi connectivity index (χ4n) is 1.91. The molecule has 2 aromatic heterocycles. The second-order valence-corrected chi connectivity index (χ2v) is 6.45. The second kappa shape index (κ2) is 6.08. The Morgan fingerprint density at radius 1 is 1.36 bits per heavy atom. The van der Waals surface area contributed by atoms with Gasteiger partial charge in [0.1, 0.15) is 11.3 Å². The third kappa shape index (κ3) is 3.30. The summed E-state index contributed by atoms with van der Waals surface area (Å²) in [6.45, 7) is 7.17. The number of aromatic nitrogens is 2. The van der Waals surface area contributed by atoms with E-state index in [1.54, 1.807) is 46.0 Å². The molecule has 0 aliphatic heterocycles. The number of hydrogen-bond donors (Lipinski definition) is 0. The van der Waals surface area contributed by atoms with E-state index in [0.717, 1.165) is 9.04 Å². The Hall–Kier alpha value is -1.89. The Bertz CT molecular complexity index is 731. The number of rotatable bonds is 2. The highest BCUT2D eigenvalue weighted by Gasteiger charge is 2.27. The van der Waals surface area contributed by atoms with Gasteiger partial charge in [0.15, 0.2) is 5.65 Å². The van der Waals surface area contributed by atoms with Gasteiger partial charge in [-0.15, -0.1) is 0 Å². The molecule has 0 amide bonds. The van der Waals surface area contributed by atoms with Crippen LogP contribution in [0.25, 0.3) is 11.0 Å². The van der Waals surface area contributed by atoms with Crippen LogP contribution in [0.1, 0.15) is 38.2 Å². The van der Waals surface area contributed by atoms with Crippen LogP contribution < -0.4 is 0 Å². The molecule has 7 heteroatoms. The van der Waals surface area contributed by atoms with Gasteiger partial charge in [0.05, 0.1) is 6.61 Å². The maximum absolute atomic E-state index is 12.5. The van der Waals surface area contributed by atoms with Gasteiger partial charge >= 0.3 is 12.1 Å². The number of hydrogen-bond acceptors (Lipinski definition) is 5. The van der Waals surface area contributed by atoms with Crippen LogP contribution in [0.2, 0.25) is 0 Å². The SMILES string of the molecule is CCOC(=O)c1cc2c(Br)ccnc2n1C(=O)OC(C)(C)C. The van der Waals surface area contributed by atoms with Gasteiger partial charge in [-0.05, 0) is 55.8 Å². The lowest BCUT2D eigenvalue weighted by atomic mass is 10.2. The van der Waals surface area contributed by atoms with Crippen molar-refractivity contribution in [1.29, 1.82) is 0 Å². The molecule has 6 nitrogen and oxygen atoms in total. The van der Waals surface area contributed by atoms with E-state index in [-0.39, 0.29) is 12.3 Å². The van der Waals surface area contributed by atoms with Gasteiger partial charge in [-0.25, -0.2) is 19.1 Å². The monoisotopic (exact) mass is 368 g/mol. The summed E-state index contributed by atoms with van der Waals surface area (Å²) in [5.41, 5.74) is -0.261. The zero-order valence-electron chi connectivity index (χ0n) is 12.8. The van der Waals surface area contributed by atoms with Crippen molar-refractivity contribution in [2.75, 3.05) is 6.61 Å². The molecule has 0 fully saturated rings. The predicted octanol–water partition coefficient (Wildman–Crippen LogP) is 3.76. The number of halogens is 1. The molecule has 0 saturated carbocycles. The van der Waals surface area contributed by atoms with Crippen LogP contribution >= 0.6 is 15.9 Å². The third-order valence-electron chi connectivity index (χ3n) is 2.71. The molecule has 0 spiro atoms. The van der Waals surface area contributed by atoms with Crippen molar-refractivity contribution in [3.63, 3.8) is 0 Å². The van der Waals surface area contributed by atoms with Crippen LogP contribution in [0, 0.1) is 0 Å². The summed E-state index contributed by atoms with van der Waals surface area (Å²) in [7, 11) is 0. The van der Waals surface area contributed by atoms with Gasteiger partial charge in [0.2, 0.25) is 0 Å². The number of carbonyl (C=O) groups excluding carboxylic acids is 2. The lowest BCUT2D eigenvalue weighted by Gasteiger charge is -2.20. The van der Waals surface area contributed by atoms with Gasteiger partial charge in [0.25, 0.3) is 0 Å². The van der Waals surface area contributed by atoms with E-state index < -0.39 is 17.7 Å². The van der Waals surface area contributed by atoms with E-state index >= 15 is 0 Å². The summed E-state index contributed by atoms with van der Waals surface area (Å²) in [6.07, 6.45) is 0.874. The quantitative estimate of drug-likeness (QED) is 0.754. The van der Waals surface area contributed by atoms with Gasteiger partial charge in [-0.2, -0.15) is 0 Å². The minimum atomic E-state index is -0.689. The summed E-state index contributed by atoms with van der Waals surface area (Å²) in [5, 5.41) is 0.636. The largest absolute Gasteiger partial charge is 0.461 e.